The van der Waals surface area contributed by atoms with Gasteiger partial charge < -0.3 is 24.8 Å². The van der Waals surface area contributed by atoms with E-state index in [4.69, 9.17) is 0 Å². The van der Waals surface area contributed by atoms with Crippen molar-refractivity contribution >= 4 is 6.08 Å². The summed E-state index contributed by atoms with van der Waals surface area (Å²) in [6, 6.07) is 8.81. The van der Waals surface area contributed by atoms with E-state index in [0.29, 0.717) is 5.92 Å². The zero-order valence-electron chi connectivity index (χ0n) is 13.1. The molecule has 1 aromatic carbocycles. The number of allylic oxidation sites excluding steroid dienone is 5. The van der Waals surface area contributed by atoms with Crippen molar-refractivity contribution in [1.82, 2.24) is 0 Å². The quantitative estimate of drug-likeness (QED) is 0.575. The molecular formula is C19H21Cl2Zr. The van der Waals surface area contributed by atoms with Gasteiger partial charge in [0.05, 0.1) is 0 Å². The van der Waals surface area contributed by atoms with E-state index in [2.05, 4.69) is 68.5 Å². The Bertz CT molecular complexity index is 569. The molecule has 0 aliphatic heterocycles. The zero-order valence-corrected chi connectivity index (χ0v) is 17.0. The molecule has 0 N–H and O–H groups in total. The van der Waals surface area contributed by atoms with Gasteiger partial charge in [-0.25, -0.2) is 11.6 Å². The molecule has 0 saturated carbocycles. The topological polar surface area (TPSA) is 0 Å². The minimum Gasteiger partial charge on any atom is -1.00 e. The molecule has 0 aromatic heterocycles. The molecule has 0 bridgehead atoms. The van der Waals surface area contributed by atoms with Gasteiger partial charge in [-0.05, 0) is 29.4 Å². The molecule has 0 nitrogen and oxygen atoms in total. The first-order valence-electron chi connectivity index (χ1n) is 7.37. The standard InChI is InChI=1S/C19H21.2ClH.Zr/c1-3-19(4-2,16-10-6-7-11-16)18-14-13-15-9-5-8-12-17(15)18;;;/h5-6,8-10,12-14,18H,3-4,7H2,1-2H3;2*1H;/q-1;;;+3/p-2. The summed E-state index contributed by atoms with van der Waals surface area (Å²) in [5.74, 6) is 0.504. The summed E-state index contributed by atoms with van der Waals surface area (Å²) in [5, 5.41) is 0. The SMILES string of the molecule is CCC(CC)(C1=[C-]CC=C1)C1C=Cc2ccccc21.[Cl-].[Cl-].[Zr+3]. The van der Waals surface area contributed by atoms with E-state index >= 15 is 0 Å². The van der Waals surface area contributed by atoms with Crippen LogP contribution in [-0.4, -0.2) is 0 Å². The molecule has 0 saturated heterocycles. The molecule has 0 fully saturated rings. The Hall–Kier alpha value is -0.0969. The van der Waals surface area contributed by atoms with Crippen molar-refractivity contribution in [1.29, 1.82) is 0 Å². The van der Waals surface area contributed by atoms with E-state index < -0.39 is 0 Å². The van der Waals surface area contributed by atoms with E-state index in [1.165, 1.54) is 29.5 Å². The molecule has 0 amide bonds. The summed E-state index contributed by atoms with van der Waals surface area (Å²) in [7, 11) is 0. The third-order valence-electron chi connectivity index (χ3n) is 4.89. The van der Waals surface area contributed by atoms with Gasteiger partial charge in [0.25, 0.3) is 0 Å². The molecule has 1 unspecified atom stereocenters. The fourth-order valence-corrected chi connectivity index (χ4v) is 3.72. The maximum Gasteiger partial charge on any atom is 3.00 e. The normalized spacial score (nSPS) is 17.9. The van der Waals surface area contributed by atoms with Crippen LogP contribution in [0.25, 0.3) is 6.08 Å². The average molecular weight is 412 g/mol. The van der Waals surface area contributed by atoms with Crippen LogP contribution in [0.4, 0.5) is 0 Å². The molecule has 0 heterocycles. The van der Waals surface area contributed by atoms with E-state index in [1.807, 2.05) is 0 Å². The number of rotatable bonds is 4. The Kier molecular flexibility index (Phi) is 9.22. The third-order valence-corrected chi connectivity index (χ3v) is 4.89. The van der Waals surface area contributed by atoms with Crippen molar-refractivity contribution in [3.63, 3.8) is 0 Å². The van der Waals surface area contributed by atoms with E-state index in [-0.39, 0.29) is 56.4 Å². The molecule has 115 valence electrons. The predicted octanol–water partition coefficient (Wildman–Crippen LogP) is -0.702. The first kappa shape index (κ1) is 21.9. The molecule has 2 aliphatic rings. The molecule has 3 heteroatoms. The molecule has 0 spiro atoms. The molecular weight excluding hydrogens is 390 g/mol. The van der Waals surface area contributed by atoms with Gasteiger partial charge in [0, 0.05) is 5.92 Å². The number of halogens is 2. The monoisotopic (exact) mass is 409 g/mol. The van der Waals surface area contributed by atoms with E-state index in [0.717, 1.165) is 6.42 Å². The van der Waals surface area contributed by atoms with Crippen molar-refractivity contribution in [3.05, 3.63) is 65.3 Å². The molecule has 1 radical (unpaired) electrons. The predicted molar refractivity (Wildman–Crippen MR) is 81.7 cm³/mol. The summed E-state index contributed by atoms with van der Waals surface area (Å²) in [5.41, 5.74) is 4.52. The fraction of sp³-hybridized carbons (Fsp3) is 0.368. The first-order chi connectivity index (χ1) is 9.31. The van der Waals surface area contributed by atoms with Gasteiger partial charge in [-0.15, -0.1) is 6.42 Å². The van der Waals surface area contributed by atoms with Gasteiger partial charge in [0.15, 0.2) is 0 Å². The number of fused-ring (bicyclic) bond motifs is 1. The maximum atomic E-state index is 3.58. The molecule has 1 aromatic rings. The van der Waals surface area contributed by atoms with Crippen LogP contribution in [0.3, 0.4) is 0 Å². The minimum atomic E-state index is 0. The van der Waals surface area contributed by atoms with Crippen LogP contribution in [-0.2, 0) is 26.2 Å². The van der Waals surface area contributed by atoms with Gasteiger partial charge >= 0.3 is 26.2 Å². The van der Waals surface area contributed by atoms with Gasteiger partial charge in [-0.2, -0.15) is 6.08 Å². The molecule has 2 aliphatic carbocycles. The Morgan fingerprint density at radius 3 is 2.36 bits per heavy atom. The zero-order chi connectivity index (χ0) is 13.3. The van der Waals surface area contributed by atoms with Crippen LogP contribution >= 0.6 is 0 Å². The summed E-state index contributed by atoms with van der Waals surface area (Å²) in [6.07, 6.45) is 16.1. The van der Waals surface area contributed by atoms with Gasteiger partial charge in [0.1, 0.15) is 0 Å². The van der Waals surface area contributed by atoms with Gasteiger partial charge in [-0.3, -0.25) is 6.08 Å². The van der Waals surface area contributed by atoms with Crippen molar-refractivity contribution in [2.24, 2.45) is 5.41 Å². The Labute approximate surface area is 166 Å². The summed E-state index contributed by atoms with van der Waals surface area (Å²) in [6.45, 7) is 4.64. The largest absolute Gasteiger partial charge is 3.00 e. The molecule has 22 heavy (non-hydrogen) atoms. The van der Waals surface area contributed by atoms with Crippen molar-refractivity contribution in [2.75, 3.05) is 0 Å². The van der Waals surface area contributed by atoms with Crippen molar-refractivity contribution < 1.29 is 51.0 Å². The van der Waals surface area contributed by atoms with E-state index in [1.54, 1.807) is 0 Å². The van der Waals surface area contributed by atoms with Gasteiger partial charge in [-0.1, -0.05) is 50.3 Å². The van der Waals surface area contributed by atoms with Crippen LogP contribution in [0.5, 0.6) is 0 Å². The fourth-order valence-electron chi connectivity index (χ4n) is 3.72. The Morgan fingerprint density at radius 1 is 1.09 bits per heavy atom. The van der Waals surface area contributed by atoms with Crippen molar-refractivity contribution in [3.8, 4) is 0 Å². The number of hydrogen-bond donors (Lipinski definition) is 0. The minimum absolute atomic E-state index is 0. The second-order valence-electron chi connectivity index (χ2n) is 5.53. The third kappa shape index (κ3) is 3.53. The summed E-state index contributed by atoms with van der Waals surface area (Å²) in [4.78, 5) is 0. The number of benzene rings is 1. The second kappa shape index (κ2) is 9.26. The second-order valence-corrected chi connectivity index (χ2v) is 5.53. The van der Waals surface area contributed by atoms with Crippen molar-refractivity contribution in [2.45, 2.75) is 39.0 Å². The van der Waals surface area contributed by atoms with Crippen LogP contribution in [0.2, 0.25) is 0 Å². The van der Waals surface area contributed by atoms with Crippen LogP contribution in [0, 0.1) is 11.5 Å². The molecule has 3 rings (SSSR count). The Balaban J connectivity index is 0.00000147. The maximum absolute atomic E-state index is 3.58. The average Bonchev–Trinajstić information content (AvgIpc) is 3.11. The van der Waals surface area contributed by atoms with E-state index in [9.17, 15) is 0 Å². The van der Waals surface area contributed by atoms with Gasteiger partial charge in [0.2, 0.25) is 0 Å². The smallest absolute Gasteiger partial charge is 1.00 e. The molecule has 1 atom stereocenters. The summed E-state index contributed by atoms with van der Waals surface area (Å²) >= 11 is 0. The first-order valence-corrected chi connectivity index (χ1v) is 7.37. The summed E-state index contributed by atoms with van der Waals surface area (Å²) < 4.78 is 0. The van der Waals surface area contributed by atoms with Crippen LogP contribution in [0.15, 0.2) is 48.1 Å². The van der Waals surface area contributed by atoms with Crippen LogP contribution in [0.1, 0.15) is 50.2 Å². The van der Waals surface area contributed by atoms with Crippen LogP contribution < -0.4 is 24.8 Å². The Morgan fingerprint density at radius 2 is 1.77 bits per heavy atom. The number of hydrogen-bond acceptors (Lipinski definition) is 0.